The number of halogens is 2. The number of nitrogen functional groups attached to an aromatic ring is 1. The molecule has 0 saturated carbocycles. The third kappa shape index (κ3) is 1.80. The van der Waals surface area contributed by atoms with Gasteiger partial charge in [-0.1, -0.05) is 35.3 Å². The molecule has 2 rings (SSSR count). The molecule has 0 atom stereocenters. The van der Waals surface area contributed by atoms with Gasteiger partial charge in [0.2, 0.25) is 5.95 Å². The molecule has 2 aromatic rings. The molecule has 78 valence electrons. The van der Waals surface area contributed by atoms with Gasteiger partial charge in [-0.2, -0.15) is 0 Å². The van der Waals surface area contributed by atoms with Crippen molar-refractivity contribution in [2.45, 2.75) is 0 Å². The normalized spacial score (nSPS) is 10.6. The quantitative estimate of drug-likeness (QED) is 0.835. The fourth-order valence-electron chi connectivity index (χ4n) is 1.40. The van der Waals surface area contributed by atoms with E-state index in [1.165, 1.54) is 0 Å². The Morgan fingerprint density at radius 2 is 1.80 bits per heavy atom. The van der Waals surface area contributed by atoms with Crippen LogP contribution in [0.3, 0.4) is 0 Å². The SMILES string of the molecule is Cn1c(N)nc(Cl)c1-c1ccc(Cl)cc1. The molecule has 0 aliphatic rings. The first kappa shape index (κ1) is 10.3. The zero-order valence-electron chi connectivity index (χ0n) is 8.04. The zero-order valence-corrected chi connectivity index (χ0v) is 9.55. The number of benzene rings is 1. The average molecular weight is 242 g/mol. The lowest BCUT2D eigenvalue weighted by Gasteiger charge is -2.03. The first-order chi connectivity index (χ1) is 7.09. The number of hydrogen-bond donors (Lipinski definition) is 1. The maximum absolute atomic E-state index is 5.98. The molecule has 0 fully saturated rings. The highest BCUT2D eigenvalue weighted by molar-refractivity contribution is 6.32. The number of hydrogen-bond acceptors (Lipinski definition) is 2. The molecule has 0 aliphatic carbocycles. The van der Waals surface area contributed by atoms with E-state index in [0.29, 0.717) is 16.1 Å². The smallest absolute Gasteiger partial charge is 0.201 e. The van der Waals surface area contributed by atoms with Crippen molar-refractivity contribution in [3.8, 4) is 11.3 Å². The van der Waals surface area contributed by atoms with E-state index in [4.69, 9.17) is 28.9 Å². The lowest BCUT2D eigenvalue weighted by molar-refractivity contribution is 0.938. The fourth-order valence-corrected chi connectivity index (χ4v) is 1.85. The Balaban J connectivity index is 2.58. The Morgan fingerprint density at radius 1 is 1.20 bits per heavy atom. The number of imidazole rings is 1. The summed E-state index contributed by atoms with van der Waals surface area (Å²) in [6, 6.07) is 7.36. The molecule has 0 bridgehead atoms. The maximum Gasteiger partial charge on any atom is 0.201 e. The van der Waals surface area contributed by atoms with Crippen molar-refractivity contribution in [2.24, 2.45) is 7.05 Å². The maximum atomic E-state index is 5.98. The molecule has 0 unspecified atom stereocenters. The fraction of sp³-hybridized carbons (Fsp3) is 0.100. The summed E-state index contributed by atoms with van der Waals surface area (Å²) in [4.78, 5) is 3.98. The van der Waals surface area contributed by atoms with Crippen molar-refractivity contribution < 1.29 is 0 Å². The van der Waals surface area contributed by atoms with Gasteiger partial charge in [-0.3, -0.25) is 0 Å². The summed E-state index contributed by atoms with van der Waals surface area (Å²) in [5.41, 5.74) is 7.39. The predicted octanol–water partition coefficient (Wildman–Crippen LogP) is 2.98. The van der Waals surface area contributed by atoms with Crippen molar-refractivity contribution in [2.75, 3.05) is 5.73 Å². The van der Waals surface area contributed by atoms with Gasteiger partial charge in [0, 0.05) is 17.6 Å². The van der Waals surface area contributed by atoms with Crippen LogP contribution in [0.2, 0.25) is 10.2 Å². The largest absolute Gasteiger partial charge is 0.369 e. The van der Waals surface area contributed by atoms with Gasteiger partial charge in [0.05, 0.1) is 5.69 Å². The van der Waals surface area contributed by atoms with Crippen molar-refractivity contribution in [3.05, 3.63) is 34.4 Å². The molecule has 1 heterocycles. The highest BCUT2D eigenvalue weighted by Gasteiger charge is 2.12. The van der Waals surface area contributed by atoms with E-state index >= 15 is 0 Å². The Bertz CT molecular complexity index is 488. The van der Waals surface area contributed by atoms with Crippen LogP contribution in [0.25, 0.3) is 11.3 Å². The Kier molecular flexibility index (Phi) is 2.59. The van der Waals surface area contributed by atoms with Crippen LogP contribution in [0, 0.1) is 0 Å². The Morgan fingerprint density at radius 3 is 2.27 bits per heavy atom. The van der Waals surface area contributed by atoms with Gasteiger partial charge in [-0.05, 0) is 12.1 Å². The van der Waals surface area contributed by atoms with E-state index < -0.39 is 0 Å². The summed E-state index contributed by atoms with van der Waals surface area (Å²) in [5.74, 6) is 0.393. The minimum Gasteiger partial charge on any atom is -0.369 e. The molecule has 0 aliphatic heterocycles. The number of anilines is 1. The van der Waals surface area contributed by atoms with Gasteiger partial charge in [0.15, 0.2) is 5.15 Å². The number of nitrogens with two attached hydrogens (primary N) is 1. The summed E-state index contributed by atoms with van der Waals surface area (Å²) < 4.78 is 1.74. The van der Waals surface area contributed by atoms with E-state index in [2.05, 4.69) is 4.98 Å². The van der Waals surface area contributed by atoms with Gasteiger partial charge in [0.25, 0.3) is 0 Å². The number of nitrogens with zero attached hydrogens (tertiary/aromatic N) is 2. The summed E-state index contributed by atoms with van der Waals surface area (Å²) in [5, 5.41) is 1.09. The van der Waals surface area contributed by atoms with E-state index in [0.717, 1.165) is 11.3 Å². The van der Waals surface area contributed by atoms with E-state index in [9.17, 15) is 0 Å². The first-order valence-corrected chi connectivity index (χ1v) is 5.09. The molecule has 0 spiro atoms. The number of aromatic nitrogens is 2. The van der Waals surface area contributed by atoms with Gasteiger partial charge < -0.3 is 10.3 Å². The third-order valence-corrected chi connectivity index (χ3v) is 2.72. The van der Waals surface area contributed by atoms with Crippen LogP contribution in [0.5, 0.6) is 0 Å². The summed E-state index contributed by atoms with van der Waals surface area (Å²) in [7, 11) is 1.82. The second-order valence-electron chi connectivity index (χ2n) is 3.18. The predicted molar refractivity (Wildman–Crippen MR) is 63.1 cm³/mol. The minimum absolute atomic E-state index is 0.393. The monoisotopic (exact) mass is 241 g/mol. The average Bonchev–Trinajstić information content (AvgIpc) is 2.44. The molecular weight excluding hydrogens is 233 g/mol. The van der Waals surface area contributed by atoms with Crippen molar-refractivity contribution in [3.63, 3.8) is 0 Å². The van der Waals surface area contributed by atoms with Crippen LogP contribution in [0.1, 0.15) is 0 Å². The molecule has 2 N–H and O–H groups in total. The van der Waals surface area contributed by atoms with Gasteiger partial charge >= 0.3 is 0 Å². The molecular formula is C10H9Cl2N3. The van der Waals surface area contributed by atoms with Crippen molar-refractivity contribution >= 4 is 29.2 Å². The highest BCUT2D eigenvalue weighted by atomic mass is 35.5. The number of rotatable bonds is 1. The van der Waals surface area contributed by atoms with Crippen LogP contribution < -0.4 is 5.73 Å². The zero-order chi connectivity index (χ0) is 11.0. The Labute approximate surface area is 97.4 Å². The molecule has 0 amide bonds. The summed E-state index contributed by atoms with van der Waals surface area (Å²) in [6.07, 6.45) is 0. The van der Waals surface area contributed by atoms with E-state index in [1.54, 1.807) is 16.7 Å². The van der Waals surface area contributed by atoms with Crippen LogP contribution in [0.4, 0.5) is 5.95 Å². The molecule has 5 heteroatoms. The standard InChI is InChI=1S/C10H9Cl2N3/c1-15-8(9(12)14-10(15)13)6-2-4-7(11)5-3-6/h2-5H,1H3,(H2,13,14). The molecule has 3 nitrogen and oxygen atoms in total. The lowest BCUT2D eigenvalue weighted by Crippen LogP contribution is -1.98. The van der Waals surface area contributed by atoms with Crippen LogP contribution in [0.15, 0.2) is 24.3 Å². The molecule has 0 radical (unpaired) electrons. The van der Waals surface area contributed by atoms with Crippen molar-refractivity contribution in [1.82, 2.24) is 9.55 Å². The first-order valence-electron chi connectivity index (χ1n) is 4.33. The molecule has 15 heavy (non-hydrogen) atoms. The Hall–Kier alpha value is -1.19. The second-order valence-corrected chi connectivity index (χ2v) is 3.97. The van der Waals surface area contributed by atoms with Gasteiger partial charge in [0.1, 0.15) is 0 Å². The molecule has 0 saturated heterocycles. The summed E-state index contributed by atoms with van der Waals surface area (Å²) in [6.45, 7) is 0. The van der Waals surface area contributed by atoms with Crippen LogP contribution >= 0.6 is 23.2 Å². The second kappa shape index (κ2) is 3.76. The van der Waals surface area contributed by atoms with Crippen LogP contribution in [-0.4, -0.2) is 9.55 Å². The third-order valence-electron chi connectivity index (χ3n) is 2.20. The van der Waals surface area contributed by atoms with Crippen LogP contribution in [-0.2, 0) is 7.05 Å². The highest BCUT2D eigenvalue weighted by Crippen LogP contribution is 2.29. The lowest BCUT2D eigenvalue weighted by atomic mass is 10.2. The minimum atomic E-state index is 0.393. The van der Waals surface area contributed by atoms with E-state index in [1.807, 2.05) is 19.2 Å². The van der Waals surface area contributed by atoms with E-state index in [-0.39, 0.29) is 0 Å². The van der Waals surface area contributed by atoms with Gasteiger partial charge in [-0.25, -0.2) is 4.98 Å². The molecule has 1 aromatic carbocycles. The topological polar surface area (TPSA) is 43.8 Å². The summed E-state index contributed by atoms with van der Waals surface area (Å²) >= 11 is 11.8. The molecule has 1 aromatic heterocycles. The van der Waals surface area contributed by atoms with Gasteiger partial charge in [-0.15, -0.1) is 0 Å². The van der Waals surface area contributed by atoms with Crippen molar-refractivity contribution in [1.29, 1.82) is 0 Å².